The molecule has 1 amide bonds. The topological polar surface area (TPSA) is 103 Å². The van der Waals surface area contributed by atoms with Gasteiger partial charge >= 0.3 is 12.2 Å². The van der Waals surface area contributed by atoms with Gasteiger partial charge in [0.1, 0.15) is 12.7 Å². The van der Waals surface area contributed by atoms with Crippen LogP contribution < -0.4 is 14.8 Å². The fraction of sp³-hybridized carbons (Fsp3) is 0.476. The van der Waals surface area contributed by atoms with Crippen molar-refractivity contribution in [3.8, 4) is 11.8 Å². The fourth-order valence-electron chi connectivity index (χ4n) is 3.83. The van der Waals surface area contributed by atoms with Crippen LogP contribution in [0.3, 0.4) is 0 Å². The molecule has 0 unspecified atom stereocenters. The number of anilines is 1. The zero-order valence-electron chi connectivity index (χ0n) is 18.3. The predicted octanol–water partition coefficient (Wildman–Crippen LogP) is 3.21. The Bertz CT molecular complexity index is 1040. The fourth-order valence-corrected chi connectivity index (χ4v) is 3.83. The van der Waals surface area contributed by atoms with Gasteiger partial charge in [0.25, 0.3) is 5.91 Å². The standard InChI is InChI=1S/C21H22F5N3O5/c1-10-14(12-4-5-13(22)15(23)16(12)33-7-6-30)17(34-20(10,2)21(24,25)26)18(31)29-11-8-27-19(32-3)28-9-11/h4-5,8-10,14,17,30H,6-7H2,1-3H3,(H,29,31)/t10-,14-,17+,20+/m0/s1. The maximum atomic E-state index is 14.6. The molecule has 0 bridgehead atoms. The van der Waals surface area contributed by atoms with E-state index in [4.69, 9.17) is 19.3 Å². The molecule has 8 nitrogen and oxygen atoms in total. The molecule has 0 radical (unpaired) electrons. The van der Waals surface area contributed by atoms with Crippen LogP contribution in [0.5, 0.6) is 11.8 Å². The summed E-state index contributed by atoms with van der Waals surface area (Å²) >= 11 is 0. The number of hydrogen-bond donors (Lipinski definition) is 2. The van der Waals surface area contributed by atoms with Crippen molar-refractivity contribution in [3.63, 3.8) is 0 Å². The second kappa shape index (κ2) is 9.66. The number of aliphatic hydroxyl groups is 1. The number of rotatable bonds is 7. The molecule has 0 spiro atoms. The molecule has 2 aromatic rings. The van der Waals surface area contributed by atoms with Gasteiger partial charge in [0.05, 0.1) is 31.8 Å². The molecule has 186 valence electrons. The number of carbonyl (C=O) groups is 1. The van der Waals surface area contributed by atoms with E-state index >= 15 is 0 Å². The minimum absolute atomic E-state index is 0.00118. The van der Waals surface area contributed by atoms with Gasteiger partial charge in [0, 0.05) is 17.4 Å². The summed E-state index contributed by atoms with van der Waals surface area (Å²) in [7, 11) is 1.32. The van der Waals surface area contributed by atoms with Crippen molar-refractivity contribution < 1.29 is 46.1 Å². The van der Waals surface area contributed by atoms with Gasteiger partial charge in [-0.05, 0) is 13.0 Å². The van der Waals surface area contributed by atoms with Crippen molar-refractivity contribution in [2.75, 3.05) is 25.6 Å². The van der Waals surface area contributed by atoms with Crippen LogP contribution in [-0.4, -0.2) is 59.2 Å². The highest BCUT2D eigenvalue weighted by Crippen LogP contribution is 2.55. The normalized spacial score (nSPS) is 24.7. The first kappa shape index (κ1) is 25.6. The molecule has 1 fully saturated rings. The third kappa shape index (κ3) is 4.62. The zero-order chi connectivity index (χ0) is 25.3. The van der Waals surface area contributed by atoms with E-state index in [1.807, 2.05) is 0 Å². The number of aromatic nitrogens is 2. The molecular weight excluding hydrogens is 469 g/mol. The smallest absolute Gasteiger partial charge is 0.417 e. The summed E-state index contributed by atoms with van der Waals surface area (Å²) in [6.07, 6.45) is -4.32. The number of hydrogen-bond acceptors (Lipinski definition) is 7. The van der Waals surface area contributed by atoms with Gasteiger partial charge in [-0.2, -0.15) is 17.6 Å². The van der Waals surface area contributed by atoms with Crippen molar-refractivity contribution in [3.05, 3.63) is 41.7 Å². The lowest BCUT2D eigenvalue weighted by atomic mass is 9.77. The number of carbonyl (C=O) groups excluding carboxylic acids is 1. The molecule has 1 aliphatic heterocycles. The first-order valence-corrected chi connectivity index (χ1v) is 10.1. The van der Waals surface area contributed by atoms with E-state index in [0.717, 1.165) is 19.1 Å². The Hall–Kier alpha value is -3.06. The van der Waals surface area contributed by atoms with Crippen LogP contribution in [0, 0.1) is 17.6 Å². The van der Waals surface area contributed by atoms with Crippen molar-refractivity contribution >= 4 is 11.6 Å². The number of methoxy groups -OCH3 is 1. The number of halogens is 5. The van der Waals surface area contributed by atoms with Gasteiger partial charge < -0.3 is 24.6 Å². The maximum Gasteiger partial charge on any atom is 0.417 e. The summed E-state index contributed by atoms with van der Waals surface area (Å²) in [5.41, 5.74) is -2.96. The first-order chi connectivity index (χ1) is 15.9. The summed E-state index contributed by atoms with van der Waals surface area (Å²) in [4.78, 5) is 20.7. The van der Waals surface area contributed by atoms with E-state index < -0.39 is 66.2 Å². The molecule has 13 heteroatoms. The van der Waals surface area contributed by atoms with Gasteiger partial charge in [-0.1, -0.05) is 13.0 Å². The average Bonchev–Trinajstić information content (AvgIpc) is 3.07. The lowest BCUT2D eigenvalue weighted by molar-refractivity contribution is -0.272. The lowest BCUT2D eigenvalue weighted by Crippen LogP contribution is -2.47. The summed E-state index contributed by atoms with van der Waals surface area (Å²) in [5.74, 6) is -7.27. The largest absolute Gasteiger partial charge is 0.488 e. The summed E-state index contributed by atoms with van der Waals surface area (Å²) < 4.78 is 85.6. The molecule has 1 aromatic heterocycles. The van der Waals surface area contributed by atoms with Crippen molar-refractivity contribution in [1.82, 2.24) is 9.97 Å². The number of ether oxygens (including phenoxy) is 3. The lowest BCUT2D eigenvalue weighted by Gasteiger charge is -2.32. The van der Waals surface area contributed by atoms with Crippen LogP contribution in [0.2, 0.25) is 0 Å². The van der Waals surface area contributed by atoms with Crippen LogP contribution in [0.4, 0.5) is 27.6 Å². The molecule has 0 aliphatic carbocycles. The predicted molar refractivity (Wildman–Crippen MR) is 107 cm³/mol. The Morgan fingerprint density at radius 1 is 1.26 bits per heavy atom. The minimum Gasteiger partial charge on any atom is -0.488 e. The first-order valence-electron chi connectivity index (χ1n) is 10.1. The highest BCUT2D eigenvalue weighted by molar-refractivity contribution is 5.95. The van der Waals surface area contributed by atoms with Crippen molar-refractivity contribution in [2.24, 2.45) is 5.92 Å². The SMILES string of the molecule is COc1ncc(NC(=O)[C@@H]2O[C@@](C)(C(F)(F)F)[C@@H](C)[C@H]2c2ccc(F)c(F)c2OCCO)cn1. The van der Waals surface area contributed by atoms with Crippen LogP contribution in [0.1, 0.15) is 25.3 Å². The highest BCUT2D eigenvalue weighted by atomic mass is 19.4. The molecule has 1 saturated heterocycles. The third-order valence-corrected chi connectivity index (χ3v) is 5.78. The second-order valence-corrected chi connectivity index (χ2v) is 7.76. The second-order valence-electron chi connectivity index (χ2n) is 7.76. The molecule has 2 N–H and O–H groups in total. The average molecular weight is 491 g/mol. The van der Waals surface area contributed by atoms with E-state index in [9.17, 15) is 26.7 Å². The highest BCUT2D eigenvalue weighted by Gasteiger charge is 2.65. The minimum atomic E-state index is -4.90. The number of aliphatic hydroxyl groups excluding tert-OH is 1. The number of nitrogens with zero attached hydrogens (tertiary/aromatic N) is 2. The van der Waals surface area contributed by atoms with Gasteiger partial charge in [-0.3, -0.25) is 4.79 Å². The van der Waals surface area contributed by atoms with Gasteiger partial charge in [0.15, 0.2) is 17.2 Å². The van der Waals surface area contributed by atoms with E-state index in [-0.39, 0.29) is 17.3 Å². The van der Waals surface area contributed by atoms with Crippen molar-refractivity contribution in [1.29, 1.82) is 0 Å². The zero-order valence-corrected chi connectivity index (χ0v) is 18.3. The quantitative estimate of drug-likeness (QED) is 0.574. The molecule has 0 saturated carbocycles. The Balaban J connectivity index is 2.06. The van der Waals surface area contributed by atoms with Crippen molar-refractivity contribution in [2.45, 2.75) is 37.6 Å². The molecule has 34 heavy (non-hydrogen) atoms. The van der Waals surface area contributed by atoms with Gasteiger partial charge in [-0.15, -0.1) is 0 Å². The monoisotopic (exact) mass is 491 g/mol. The van der Waals surface area contributed by atoms with Crippen LogP contribution >= 0.6 is 0 Å². The molecule has 3 rings (SSSR count). The van der Waals surface area contributed by atoms with E-state index in [1.54, 1.807) is 0 Å². The Kier molecular flexibility index (Phi) is 7.26. The number of nitrogens with one attached hydrogen (secondary N) is 1. The maximum absolute atomic E-state index is 14.6. The van der Waals surface area contributed by atoms with E-state index in [2.05, 4.69) is 15.3 Å². The molecule has 2 heterocycles. The Morgan fingerprint density at radius 3 is 2.47 bits per heavy atom. The third-order valence-electron chi connectivity index (χ3n) is 5.78. The molecule has 1 aromatic carbocycles. The van der Waals surface area contributed by atoms with Gasteiger partial charge in [-0.25, -0.2) is 14.4 Å². The number of alkyl halides is 3. The van der Waals surface area contributed by atoms with Crippen LogP contribution in [0.25, 0.3) is 0 Å². The number of benzene rings is 1. The molecular formula is C21H22F5N3O5. The summed E-state index contributed by atoms with van der Waals surface area (Å²) in [5, 5.41) is 11.4. The van der Waals surface area contributed by atoms with E-state index in [1.165, 1.54) is 26.4 Å². The van der Waals surface area contributed by atoms with E-state index in [0.29, 0.717) is 0 Å². The Morgan fingerprint density at radius 2 is 1.91 bits per heavy atom. The Labute approximate surface area is 191 Å². The summed E-state index contributed by atoms with van der Waals surface area (Å²) in [6.45, 7) is 0.960. The van der Waals surface area contributed by atoms with Crippen LogP contribution in [-0.2, 0) is 9.53 Å². The molecule has 1 aliphatic rings. The summed E-state index contributed by atoms with van der Waals surface area (Å²) in [6, 6.07) is 1.76. The van der Waals surface area contributed by atoms with Crippen LogP contribution in [0.15, 0.2) is 24.5 Å². The van der Waals surface area contributed by atoms with Gasteiger partial charge in [0.2, 0.25) is 5.82 Å². The number of amides is 1. The molecule has 4 atom stereocenters.